The lowest BCUT2D eigenvalue weighted by molar-refractivity contribution is 0.414. The normalized spacial score (nSPS) is 10.5. The molecule has 0 unspecified atom stereocenters. The number of hydrogen-bond acceptors (Lipinski definition) is 4. The summed E-state index contributed by atoms with van der Waals surface area (Å²) in [5.41, 5.74) is 2.52. The highest BCUT2D eigenvalue weighted by Crippen LogP contribution is 2.11. The van der Waals surface area contributed by atoms with Crippen molar-refractivity contribution in [2.45, 2.75) is 13.1 Å². The molecule has 22 heavy (non-hydrogen) atoms. The Bertz CT molecular complexity index is 487. The average molecular weight is 300 g/mol. The largest absolute Gasteiger partial charge is 0.497 e. The van der Waals surface area contributed by atoms with Crippen LogP contribution in [-0.2, 0) is 13.1 Å². The molecule has 0 aliphatic carbocycles. The van der Waals surface area contributed by atoms with Crippen molar-refractivity contribution in [2.24, 2.45) is 0 Å². The van der Waals surface area contributed by atoms with E-state index in [1.807, 2.05) is 24.3 Å². The zero-order valence-corrected chi connectivity index (χ0v) is 13.3. The summed E-state index contributed by atoms with van der Waals surface area (Å²) in [6, 6.07) is 16.3. The van der Waals surface area contributed by atoms with Crippen LogP contribution in [0.25, 0.3) is 0 Å². The fraction of sp³-hybridized carbons (Fsp3) is 0.333. The minimum atomic E-state index is 0.869. The summed E-state index contributed by atoms with van der Waals surface area (Å²) in [7, 11) is 3.36. The molecule has 2 aromatic rings. The third kappa shape index (κ3) is 5.39. The molecule has 0 aliphatic rings. The van der Waals surface area contributed by atoms with E-state index < -0.39 is 0 Å². The minimum Gasteiger partial charge on any atom is -0.497 e. The number of methoxy groups -OCH3 is 2. The van der Waals surface area contributed by atoms with Crippen molar-refractivity contribution in [1.29, 1.82) is 0 Å². The van der Waals surface area contributed by atoms with Crippen LogP contribution in [0.4, 0.5) is 0 Å². The van der Waals surface area contributed by atoms with Crippen molar-refractivity contribution in [3.63, 3.8) is 0 Å². The molecule has 0 heterocycles. The lowest BCUT2D eigenvalue weighted by Gasteiger charge is -2.08. The quantitative estimate of drug-likeness (QED) is 0.699. The Morgan fingerprint density at radius 1 is 0.636 bits per heavy atom. The van der Waals surface area contributed by atoms with E-state index >= 15 is 0 Å². The molecule has 0 bridgehead atoms. The first kappa shape index (κ1) is 16.3. The predicted molar refractivity (Wildman–Crippen MR) is 89.4 cm³/mol. The molecule has 0 saturated heterocycles. The van der Waals surface area contributed by atoms with E-state index in [0.717, 1.165) is 37.7 Å². The number of benzene rings is 2. The molecule has 4 heteroatoms. The summed E-state index contributed by atoms with van der Waals surface area (Å²) in [5.74, 6) is 1.79. The Labute approximate surface area is 132 Å². The van der Waals surface area contributed by atoms with Crippen LogP contribution in [0.5, 0.6) is 11.5 Å². The van der Waals surface area contributed by atoms with E-state index in [9.17, 15) is 0 Å². The fourth-order valence-electron chi connectivity index (χ4n) is 2.13. The van der Waals surface area contributed by atoms with Crippen molar-refractivity contribution in [3.05, 3.63) is 59.7 Å². The van der Waals surface area contributed by atoms with Crippen LogP contribution in [0, 0.1) is 0 Å². The van der Waals surface area contributed by atoms with Gasteiger partial charge in [0.1, 0.15) is 11.5 Å². The Morgan fingerprint density at radius 2 is 1.00 bits per heavy atom. The van der Waals surface area contributed by atoms with Crippen LogP contribution in [0.1, 0.15) is 11.1 Å². The zero-order valence-electron chi connectivity index (χ0n) is 13.3. The zero-order chi connectivity index (χ0) is 15.6. The first-order valence-electron chi connectivity index (χ1n) is 7.49. The van der Waals surface area contributed by atoms with Crippen molar-refractivity contribution in [3.8, 4) is 11.5 Å². The van der Waals surface area contributed by atoms with Crippen molar-refractivity contribution < 1.29 is 9.47 Å². The van der Waals surface area contributed by atoms with Gasteiger partial charge >= 0.3 is 0 Å². The van der Waals surface area contributed by atoms with Crippen LogP contribution in [0.15, 0.2) is 48.5 Å². The highest BCUT2D eigenvalue weighted by molar-refractivity contribution is 5.27. The minimum absolute atomic E-state index is 0.869. The van der Waals surface area contributed by atoms with Gasteiger partial charge in [-0.25, -0.2) is 0 Å². The molecule has 0 fully saturated rings. The lowest BCUT2D eigenvalue weighted by atomic mass is 10.2. The summed E-state index contributed by atoms with van der Waals surface area (Å²) in [6.07, 6.45) is 0. The summed E-state index contributed by atoms with van der Waals surface area (Å²) >= 11 is 0. The number of ether oxygens (including phenoxy) is 2. The Hall–Kier alpha value is -2.04. The van der Waals surface area contributed by atoms with Crippen molar-refractivity contribution >= 4 is 0 Å². The Morgan fingerprint density at radius 3 is 1.32 bits per heavy atom. The third-order valence-corrected chi connectivity index (χ3v) is 3.45. The van der Waals surface area contributed by atoms with Gasteiger partial charge in [0, 0.05) is 26.2 Å². The molecule has 0 amide bonds. The molecule has 0 spiro atoms. The van der Waals surface area contributed by atoms with Crippen LogP contribution in [0.3, 0.4) is 0 Å². The lowest BCUT2D eigenvalue weighted by Crippen LogP contribution is -2.26. The number of nitrogens with one attached hydrogen (secondary N) is 2. The van der Waals surface area contributed by atoms with Gasteiger partial charge in [-0.05, 0) is 35.4 Å². The maximum atomic E-state index is 5.15. The van der Waals surface area contributed by atoms with Crippen LogP contribution in [-0.4, -0.2) is 27.3 Å². The molecular formula is C18H24N2O2. The highest BCUT2D eigenvalue weighted by Gasteiger charge is 1.96. The van der Waals surface area contributed by atoms with Gasteiger partial charge in [0.25, 0.3) is 0 Å². The predicted octanol–water partition coefficient (Wildman–Crippen LogP) is 2.58. The second-order valence-corrected chi connectivity index (χ2v) is 5.05. The van der Waals surface area contributed by atoms with E-state index in [0.29, 0.717) is 0 Å². The molecule has 0 aliphatic heterocycles. The van der Waals surface area contributed by atoms with Gasteiger partial charge in [-0.1, -0.05) is 24.3 Å². The van der Waals surface area contributed by atoms with Crippen LogP contribution < -0.4 is 20.1 Å². The molecular weight excluding hydrogens is 276 g/mol. The summed E-state index contributed by atoms with van der Waals surface area (Å²) in [5, 5.41) is 6.84. The van der Waals surface area contributed by atoms with E-state index in [-0.39, 0.29) is 0 Å². The fourth-order valence-corrected chi connectivity index (χ4v) is 2.13. The maximum Gasteiger partial charge on any atom is 0.118 e. The Kier molecular flexibility index (Phi) is 6.74. The molecule has 4 nitrogen and oxygen atoms in total. The molecule has 0 atom stereocenters. The topological polar surface area (TPSA) is 42.5 Å². The van der Waals surface area contributed by atoms with Crippen LogP contribution >= 0.6 is 0 Å². The van der Waals surface area contributed by atoms with Gasteiger partial charge in [-0.15, -0.1) is 0 Å². The van der Waals surface area contributed by atoms with Gasteiger partial charge in [0.15, 0.2) is 0 Å². The third-order valence-electron chi connectivity index (χ3n) is 3.45. The highest BCUT2D eigenvalue weighted by atomic mass is 16.5. The molecule has 2 N–H and O–H groups in total. The van der Waals surface area contributed by atoms with E-state index in [2.05, 4.69) is 34.9 Å². The average Bonchev–Trinajstić information content (AvgIpc) is 2.59. The molecule has 0 saturated carbocycles. The maximum absolute atomic E-state index is 5.15. The van der Waals surface area contributed by atoms with E-state index in [1.54, 1.807) is 14.2 Å². The second kappa shape index (κ2) is 9.07. The second-order valence-electron chi connectivity index (χ2n) is 5.05. The SMILES string of the molecule is COc1ccc(CNCCNCc2ccc(OC)cc2)cc1. The molecule has 2 aromatic carbocycles. The van der Waals surface area contributed by atoms with Gasteiger partial charge in [0.2, 0.25) is 0 Å². The van der Waals surface area contributed by atoms with Crippen molar-refractivity contribution in [1.82, 2.24) is 10.6 Å². The number of hydrogen-bond donors (Lipinski definition) is 2. The monoisotopic (exact) mass is 300 g/mol. The van der Waals surface area contributed by atoms with Gasteiger partial charge in [-0.3, -0.25) is 0 Å². The summed E-state index contributed by atoms with van der Waals surface area (Å²) in [4.78, 5) is 0. The molecule has 118 valence electrons. The number of rotatable bonds is 9. The first-order valence-corrected chi connectivity index (χ1v) is 7.49. The van der Waals surface area contributed by atoms with Crippen LogP contribution in [0.2, 0.25) is 0 Å². The van der Waals surface area contributed by atoms with Crippen molar-refractivity contribution in [2.75, 3.05) is 27.3 Å². The molecule has 0 aromatic heterocycles. The Balaban J connectivity index is 1.58. The van der Waals surface area contributed by atoms with Gasteiger partial charge < -0.3 is 20.1 Å². The summed E-state index contributed by atoms with van der Waals surface area (Å²) in [6.45, 7) is 3.60. The van der Waals surface area contributed by atoms with E-state index in [4.69, 9.17) is 9.47 Å². The molecule has 0 radical (unpaired) electrons. The smallest absolute Gasteiger partial charge is 0.118 e. The van der Waals surface area contributed by atoms with E-state index in [1.165, 1.54) is 11.1 Å². The standard InChI is InChI=1S/C18H24N2O2/c1-21-17-7-3-15(4-8-17)13-19-11-12-20-14-16-5-9-18(22-2)10-6-16/h3-10,19-20H,11-14H2,1-2H3. The van der Waals surface area contributed by atoms with Gasteiger partial charge in [0.05, 0.1) is 14.2 Å². The summed E-state index contributed by atoms with van der Waals surface area (Å²) < 4.78 is 10.3. The van der Waals surface area contributed by atoms with Gasteiger partial charge in [-0.2, -0.15) is 0 Å². The molecule has 2 rings (SSSR count). The first-order chi connectivity index (χ1) is 10.8.